The van der Waals surface area contributed by atoms with Crippen molar-refractivity contribution in [2.45, 2.75) is 0 Å². The molecule has 0 unspecified atom stereocenters. The summed E-state index contributed by atoms with van der Waals surface area (Å²) < 4.78 is 0. The van der Waals surface area contributed by atoms with E-state index in [2.05, 4.69) is 0 Å². The van der Waals surface area contributed by atoms with Crippen molar-refractivity contribution < 1.29 is 17.1 Å². The third-order valence-corrected chi connectivity index (χ3v) is 3.74. The van der Waals surface area contributed by atoms with Crippen molar-refractivity contribution >= 4 is 17.4 Å². The van der Waals surface area contributed by atoms with Gasteiger partial charge < -0.3 is 0 Å². The van der Waals surface area contributed by atoms with Gasteiger partial charge in [0.25, 0.3) is 0 Å². The molecule has 2 nitrogen and oxygen atoms in total. The molecule has 0 N–H and O–H groups in total. The molecule has 2 aliphatic carbocycles. The molecule has 1 aromatic heterocycles. The van der Waals surface area contributed by atoms with Gasteiger partial charge >= 0.3 is 17.1 Å². The van der Waals surface area contributed by atoms with Crippen molar-refractivity contribution in [3.63, 3.8) is 0 Å². The molecule has 0 bridgehead atoms. The molecule has 0 saturated heterocycles. The zero-order valence-corrected chi connectivity index (χ0v) is 13.5. The Morgan fingerprint density at radius 2 is 1.41 bits per heavy atom. The van der Waals surface area contributed by atoms with Crippen LogP contribution in [0.2, 0.25) is 0 Å². The molecule has 22 heavy (non-hydrogen) atoms. The van der Waals surface area contributed by atoms with Crippen LogP contribution < -0.4 is 0 Å². The van der Waals surface area contributed by atoms with E-state index in [1.807, 2.05) is 82.1 Å². The van der Waals surface area contributed by atoms with Crippen LogP contribution in [0.4, 0.5) is 0 Å². The van der Waals surface area contributed by atoms with Crippen LogP contribution in [0.15, 0.2) is 17.7 Å². The van der Waals surface area contributed by atoms with Gasteiger partial charge in [0, 0.05) is 15.7 Å². The number of thiophene rings is 1. The van der Waals surface area contributed by atoms with Gasteiger partial charge in [-0.2, -0.15) is 10.5 Å². The first-order valence-electron chi connectivity index (χ1n) is 6.34. The van der Waals surface area contributed by atoms with Crippen LogP contribution in [0.5, 0.6) is 0 Å². The van der Waals surface area contributed by atoms with Crippen molar-refractivity contribution in [3.8, 4) is 12.1 Å². The molecule has 0 spiro atoms. The molecule has 3 rings (SSSR count). The van der Waals surface area contributed by atoms with Gasteiger partial charge in [0.05, 0.1) is 0 Å². The number of allylic oxidation sites excluding steroid dienone is 1. The molecule has 0 aliphatic heterocycles. The maximum absolute atomic E-state index is 8.64. The number of rotatable bonds is 2. The van der Waals surface area contributed by atoms with Gasteiger partial charge in [0.15, 0.2) is 0 Å². The predicted molar refractivity (Wildman–Crippen MR) is 84.6 cm³/mol. The number of hydrogen-bond acceptors (Lipinski definition) is 3. The first kappa shape index (κ1) is 19.0. The van der Waals surface area contributed by atoms with E-state index in [0.29, 0.717) is 0 Å². The molecule has 0 amide bonds. The van der Waals surface area contributed by atoms with Crippen LogP contribution in [0, 0.1) is 86.4 Å². The molecule has 0 atom stereocenters. The molecular weight excluding hydrogens is 332 g/mol. The minimum absolute atomic E-state index is 0. The molecule has 1 aromatic rings. The fourth-order valence-corrected chi connectivity index (χ4v) is 2.63. The Morgan fingerprint density at radius 3 is 1.91 bits per heavy atom. The van der Waals surface area contributed by atoms with Crippen molar-refractivity contribution in [2.75, 3.05) is 0 Å². The third-order valence-electron chi connectivity index (χ3n) is 2.66. The maximum atomic E-state index is 8.64. The topological polar surface area (TPSA) is 47.6 Å². The SMILES string of the molecule is N#CC(C#N)=Cc1ccc([C]2[CH][CH][CH][CH]2)s1.[CH]1[CH][CH][CH][CH]1.[Fe+2]. The normalized spacial score (nSPS) is 16.6. The largest absolute Gasteiger partial charge is 2.00 e. The number of nitrogens with zero attached hydrogens (tertiary/aromatic N) is 2. The van der Waals surface area contributed by atoms with Gasteiger partial charge in [0.1, 0.15) is 17.7 Å². The van der Waals surface area contributed by atoms with Gasteiger partial charge in [-0.05, 0) is 76.0 Å². The Hall–Kier alpha value is -1.06. The maximum Gasteiger partial charge on any atom is 2.00 e. The van der Waals surface area contributed by atoms with Gasteiger partial charge in [0.2, 0.25) is 0 Å². The Bertz CT molecular complexity index is 529. The second-order valence-corrected chi connectivity index (χ2v) is 5.23. The Balaban J connectivity index is 0.000000344. The van der Waals surface area contributed by atoms with E-state index in [1.54, 1.807) is 17.4 Å². The van der Waals surface area contributed by atoms with E-state index in [1.165, 1.54) is 5.92 Å². The standard InChI is InChI=1S/C13H7N2S.C5H5.Fe/c14-8-10(9-15)7-12-5-6-13(16-12)11-3-1-2-4-11;1-2-4-5-3-1;/h1-7H;1-5H;/q;;+2. The van der Waals surface area contributed by atoms with E-state index in [4.69, 9.17) is 10.5 Å². The summed E-state index contributed by atoms with van der Waals surface area (Å²) in [5.74, 6) is 1.17. The van der Waals surface area contributed by atoms with Crippen molar-refractivity contribution in [2.24, 2.45) is 0 Å². The molecule has 2 saturated carbocycles. The summed E-state index contributed by atoms with van der Waals surface area (Å²) in [6.07, 6.45) is 19.7. The molecule has 2 fully saturated rings. The van der Waals surface area contributed by atoms with Gasteiger partial charge in [-0.15, -0.1) is 11.3 Å². The minimum atomic E-state index is 0. The van der Waals surface area contributed by atoms with E-state index >= 15 is 0 Å². The molecule has 4 heteroatoms. The molecule has 106 valence electrons. The smallest absolute Gasteiger partial charge is 0.192 e. The van der Waals surface area contributed by atoms with Crippen LogP contribution in [0.25, 0.3) is 6.08 Å². The zero-order chi connectivity index (χ0) is 14.9. The summed E-state index contributed by atoms with van der Waals surface area (Å²) in [6.45, 7) is 0. The minimum Gasteiger partial charge on any atom is -0.192 e. The van der Waals surface area contributed by atoms with Gasteiger partial charge in [-0.1, -0.05) is 0 Å². The average Bonchev–Trinajstić information content (AvgIpc) is 3.28. The van der Waals surface area contributed by atoms with E-state index in [0.717, 1.165) is 9.75 Å². The number of hydrogen-bond donors (Lipinski definition) is 0. The fourth-order valence-electron chi connectivity index (χ4n) is 1.68. The first-order valence-corrected chi connectivity index (χ1v) is 7.15. The average molecular weight is 344 g/mol. The summed E-state index contributed by atoms with van der Waals surface area (Å²) >= 11 is 1.57. The monoisotopic (exact) mass is 344 g/mol. The van der Waals surface area contributed by atoms with Crippen LogP contribution in [-0.2, 0) is 17.1 Å². The Labute approximate surface area is 148 Å². The zero-order valence-electron chi connectivity index (χ0n) is 11.6. The summed E-state index contributed by atoms with van der Waals surface area (Å²) in [5, 5.41) is 17.3. The molecule has 10 radical (unpaired) electrons. The first-order chi connectivity index (χ1) is 10.3. The van der Waals surface area contributed by atoms with E-state index in [9.17, 15) is 0 Å². The van der Waals surface area contributed by atoms with Crippen molar-refractivity contribution in [1.29, 1.82) is 10.5 Å². The second-order valence-electron chi connectivity index (χ2n) is 4.12. The summed E-state index contributed by atoms with van der Waals surface area (Å²) in [6, 6.07) is 7.62. The van der Waals surface area contributed by atoms with Crippen LogP contribution in [0.3, 0.4) is 0 Å². The van der Waals surface area contributed by atoms with Gasteiger partial charge in [-0.25, -0.2) is 0 Å². The number of nitriles is 2. The molecule has 1 heterocycles. The summed E-state index contributed by atoms with van der Waals surface area (Å²) in [4.78, 5) is 2.07. The molecule has 2 aliphatic rings. The summed E-state index contributed by atoms with van der Waals surface area (Å²) in [7, 11) is 0. The third kappa shape index (κ3) is 5.97. The Kier molecular flexibility index (Phi) is 9.17. The van der Waals surface area contributed by atoms with Crippen LogP contribution in [-0.4, -0.2) is 0 Å². The van der Waals surface area contributed by atoms with Crippen molar-refractivity contribution in [1.82, 2.24) is 0 Å². The molecule has 0 aromatic carbocycles. The summed E-state index contributed by atoms with van der Waals surface area (Å²) in [5.41, 5.74) is 0.135. The second kappa shape index (κ2) is 10.6. The van der Waals surface area contributed by atoms with E-state index < -0.39 is 0 Å². The van der Waals surface area contributed by atoms with Crippen LogP contribution >= 0.6 is 11.3 Å². The van der Waals surface area contributed by atoms with Crippen molar-refractivity contribution in [3.05, 3.63) is 91.2 Å². The van der Waals surface area contributed by atoms with E-state index in [-0.39, 0.29) is 22.6 Å². The Morgan fingerprint density at radius 1 is 0.864 bits per heavy atom. The quantitative estimate of drug-likeness (QED) is 0.602. The van der Waals surface area contributed by atoms with Gasteiger partial charge in [-0.3, -0.25) is 0 Å². The predicted octanol–water partition coefficient (Wildman–Crippen LogP) is 3.95. The van der Waals surface area contributed by atoms with Crippen LogP contribution in [0.1, 0.15) is 9.75 Å². The molecular formula is C18H12FeN2S+2. The fraction of sp³-hybridized carbons (Fsp3) is 0.